The first-order valence-corrected chi connectivity index (χ1v) is 10.5. The monoisotopic (exact) mass is 454 g/mol. The Morgan fingerprint density at radius 1 is 1.13 bits per heavy atom. The van der Waals surface area contributed by atoms with Crippen molar-refractivity contribution in [3.05, 3.63) is 88.0 Å². The predicted molar refractivity (Wildman–Crippen MR) is 121 cm³/mol. The van der Waals surface area contributed by atoms with E-state index in [0.29, 0.717) is 40.5 Å². The molecule has 0 bridgehead atoms. The van der Waals surface area contributed by atoms with Gasteiger partial charge in [0.1, 0.15) is 5.82 Å². The SMILES string of the molecule is Cc1ccc(-c2cnc(CCC(=O)Nc3ccnn3Cc3cccc(Cl)c3Cl)o2)cc1. The molecule has 0 radical (unpaired) electrons. The third kappa shape index (κ3) is 5.16. The predicted octanol–water partition coefficient (Wildman–Crippen LogP) is 5.77. The van der Waals surface area contributed by atoms with Crippen molar-refractivity contribution in [1.82, 2.24) is 14.8 Å². The molecule has 0 unspecified atom stereocenters. The van der Waals surface area contributed by atoms with Gasteiger partial charge in [0.15, 0.2) is 11.7 Å². The van der Waals surface area contributed by atoms with Crippen LogP contribution in [-0.4, -0.2) is 20.7 Å². The molecular formula is C23H20Cl2N4O2. The van der Waals surface area contributed by atoms with Gasteiger partial charge < -0.3 is 9.73 Å². The number of amides is 1. The van der Waals surface area contributed by atoms with Crippen LogP contribution in [0.2, 0.25) is 10.0 Å². The molecule has 4 rings (SSSR count). The Hall–Kier alpha value is -3.09. The quantitative estimate of drug-likeness (QED) is 0.384. The van der Waals surface area contributed by atoms with Crippen molar-refractivity contribution >= 4 is 34.9 Å². The summed E-state index contributed by atoms with van der Waals surface area (Å²) in [5, 5.41) is 8.10. The van der Waals surface area contributed by atoms with Crippen LogP contribution in [0.1, 0.15) is 23.4 Å². The van der Waals surface area contributed by atoms with Crippen LogP contribution in [0.3, 0.4) is 0 Å². The van der Waals surface area contributed by atoms with Gasteiger partial charge in [-0.1, -0.05) is 65.2 Å². The number of carbonyl (C=O) groups is 1. The van der Waals surface area contributed by atoms with Gasteiger partial charge in [-0.3, -0.25) is 4.79 Å². The molecule has 8 heteroatoms. The number of nitrogens with zero attached hydrogens (tertiary/aromatic N) is 3. The van der Waals surface area contributed by atoms with E-state index in [1.165, 1.54) is 5.56 Å². The molecule has 1 N–H and O–H groups in total. The molecule has 0 aliphatic heterocycles. The van der Waals surface area contributed by atoms with Crippen LogP contribution >= 0.6 is 23.2 Å². The Labute approximate surface area is 189 Å². The molecule has 2 heterocycles. The maximum Gasteiger partial charge on any atom is 0.226 e. The summed E-state index contributed by atoms with van der Waals surface area (Å²) < 4.78 is 7.45. The van der Waals surface area contributed by atoms with Gasteiger partial charge in [0.25, 0.3) is 0 Å². The molecule has 6 nitrogen and oxygen atoms in total. The Morgan fingerprint density at radius 3 is 2.74 bits per heavy atom. The summed E-state index contributed by atoms with van der Waals surface area (Å²) in [6.07, 6.45) is 3.93. The molecule has 31 heavy (non-hydrogen) atoms. The van der Waals surface area contributed by atoms with E-state index < -0.39 is 0 Å². The average molecular weight is 455 g/mol. The fourth-order valence-electron chi connectivity index (χ4n) is 3.10. The van der Waals surface area contributed by atoms with E-state index in [2.05, 4.69) is 15.4 Å². The normalized spacial score (nSPS) is 10.9. The summed E-state index contributed by atoms with van der Waals surface area (Å²) in [4.78, 5) is 16.7. The van der Waals surface area contributed by atoms with E-state index in [-0.39, 0.29) is 12.3 Å². The first kappa shape index (κ1) is 21.2. The third-order valence-corrected chi connectivity index (χ3v) is 5.65. The molecule has 0 saturated carbocycles. The number of benzene rings is 2. The van der Waals surface area contributed by atoms with Crippen molar-refractivity contribution in [3.8, 4) is 11.3 Å². The van der Waals surface area contributed by atoms with Crippen molar-refractivity contribution < 1.29 is 9.21 Å². The minimum absolute atomic E-state index is 0.158. The van der Waals surface area contributed by atoms with Gasteiger partial charge in [0.05, 0.1) is 29.0 Å². The summed E-state index contributed by atoms with van der Waals surface area (Å²) >= 11 is 12.3. The fourth-order valence-corrected chi connectivity index (χ4v) is 3.48. The van der Waals surface area contributed by atoms with Gasteiger partial charge in [-0.15, -0.1) is 0 Å². The van der Waals surface area contributed by atoms with Crippen LogP contribution in [-0.2, 0) is 17.8 Å². The smallest absolute Gasteiger partial charge is 0.226 e. The number of nitrogens with one attached hydrogen (secondary N) is 1. The summed E-state index contributed by atoms with van der Waals surface area (Å²) in [5.74, 6) is 1.62. The highest BCUT2D eigenvalue weighted by Crippen LogP contribution is 2.27. The molecule has 2 aromatic heterocycles. The Bertz CT molecular complexity index is 1200. The molecule has 0 fully saturated rings. The zero-order valence-corrected chi connectivity index (χ0v) is 18.3. The molecule has 0 atom stereocenters. The second-order valence-corrected chi connectivity index (χ2v) is 7.90. The van der Waals surface area contributed by atoms with Crippen molar-refractivity contribution in [3.63, 3.8) is 0 Å². The van der Waals surface area contributed by atoms with Crippen LogP contribution < -0.4 is 5.32 Å². The number of rotatable bonds is 7. The number of aromatic nitrogens is 3. The van der Waals surface area contributed by atoms with Crippen LogP contribution in [0.25, 0.3) is 11.3 Å². The molecule has 2 aromatic carbocycles. The Kier molecular flexibility index (Phi) is 6.39. The van der Waals surface area contributed by atoms with Gasteiger partial charge in [0, 0.05) is 24.5 Å². The second-order valence-electron chi connectivity index (χ2n) is 7.12. The first-order valence-electron chi connectivity index (χ1n) is 9.76. The number of aryl methyl sites for hydroxylation is 2. The van der Waals surface area contributed by atoms with Crippen molar-refractivity contribution in [1.29, 1.82) is 0 Å². The van der Waals surface area contributed by atoms with E-state index in [9.17, 15) is 4.79 Å². The standard InChI is InChI=1S/C23H20Cl2N4O2/c1-15-5-7-16(8-6-15)19-13-26-22(31-19)10-9-21(30)28-20-11-12-27-29(20)14-17-3-2-4-18(24)23(17)25/h2-8,11-13H,9-10,14H2,1H3,(H,28,30). The fraction of sp³-hybridized carbons (Fsp3) is 0.174. The highest BCUT2D eigenvalue weighted by Gasteiger charge is 2.13. The molecule has 0 saturated heterocycles. The highest BCUT2D eigenvalue weighted by atomic mass is 35.5. The molecule has 4 aromatic rings. The largest absolute Gasteiger partial charge is 0.441 e. The van der Waals surface area contributed by atoms with E-state index in [0.717, 1.165) is 11.1 Å². The zero-order valence-electron chi connectivity index (χ0n) is 16.8. The topological polar surface area (TPSA) is 73.0 Å². The van der Waals surface area contributed by atoms with E-state index in [4.69, 9.17) is 27.6 Å². The summed E-state index contributed by atoms with van der Waals surface area (Å²) in [5.41, 5.74) is 2.95. The number of oxazole rings is 1. The minimum atomic E-state index is -0.158. The van der Waals surface area contributed by atoms with Crippen LogP contribution in [0.15, 0.2) is 65.3 Å². The van der Waals surface area contributed by atoms with Crippen molar-refractivity contribution in [2.75, 3.05) is 5.32 Å². The average Bonchev–Trinajstić information content (AvgIpc) is 3.40. The van der Waals surface area contributed by atoms with Crippen molar-refractivity contribution in [2.45, 2.75) is 26.3 Å². The van der Waals surface area contributed by atoms with Gasteiger partial charge in [0.2, 0.25) is 5.91 Å². The number of anilines is 1. The van der Waals surface area contributed by atoms with Gasteiger partial charge in [-0.05, 0) is 18.6 Å². The number of hydrogen-bond acceptors (Lipinski definition) is 4. The number of halogens is 2. The third-order valence-electron chi connectivity index (χ3n) is 4.79. The number of carbonyl (C=O) groups excluding carboxylic acids is 1. The maximum absolute atomic E-state index is 12.5. The van der Waals surface area contributed by atoms with Crippen molar-refractivity contribution in [2.24, 2.45) is 0 Å². The van der Waals surface area contributed by atoms with Crippen LogP contribution in [0.5, 0.6) is 0 Å². The zero-order chi connectivity index (χ0) is 21.8. The summed E-state index contributed by atoms with van der Waals surface area (Å²) in [7, 11) is 0. The summed E-state index contributed by atoms with van der Waals surface area (Å²) in [6, 6.07) is 15.2. The minimum Gasteiger partial charge on any atom is -0.441 e. The maximum atomic E-state index is 12.5. The molecule has 0 aliphatic rings. The van der Waals surface area contributed by atoms with E-state index >= 15 is 0 Å². The Morgan fingerprint density at radius 2 is 1.94 bits per heavy atom. The molecule has 1 amide bonds. The van der Waals surface area contributed by atoms with Gasteiger partial charge in [-0.25, -0.2) is 9.67 Å². The molecule has 158 valence electrons. The lowest BCUT2D eigenvalue weighted by atomic mass is 10.1. The second kappa shape index (κ2) is 9.37. The first-order chi connectivity index (χ1) is 15.0. The van der Waals surface area contributed by atoms with Gasteiger partial charge in [-0.2, -0.15) is 5.10 Å². The molecular weight excluding hydrogens is 435 g/mol. The highest BCUT2D eigenvalue weighted by molar-refractivity contribution is 6.42. The lowest BCUT2D eigenvalue weighted by Crippen LogP contribution is -2.16. The summed E-state index contributed by atoms with van der Waals surface area (Å²) in [6.45, 7) is 2.42. The van der Waals surface area contributed by atoms with E-state index in [1.807, 2.05) is 43.3 Å². The van der Waals surface area contributed by atoms with Gasteiger partial charge >= 0.3 is 0 Å². The number of hydrogen-bond donors (Lipinski definition) is 1. The van der Waals surface area contributed by atoms with Crippen LogP contribution in [0, 0.1) is 6.92 Å². The Balaban J connectivity index is 1.35. The molecule has 0 spiro atoms. The lowest BCUT2D eigenvalue weighted by molar-refractivity contribution is -0.116. The molecule has 0 aliphatic carbocycles. The van der Waals surface area contributed by atoms with E-state index in [1.54, 1.807) is 29.2 Å². The van der Waals surface area contributed by atoms with Crippen LogP contribution in [0.4, 0.5) is 5.82 Å². The lowest BCUT2D eigenvalue weighted by Gasteiger charge is -2.10.